The molecule has 7 nitrogen and oxygen atoms in total. The zero-order valence-electron chi connectivity index (χ0n) is 12.3. The highest BCUT2D eigenvalue weighted by atomic mass is 79.9. The van der Waals surface area contributed by atoms with Gasteiger partial charge in [0.1, 0.15) is 4.88 Å². The summed E-state index contributed by atoms with van der Waals surface area (Å²) in [5, 5.41) is 16.9. The Morgan fingerprint density at radius 1 is 1.50 bits per heavy atom. The van der Waals surface area contributed by atoms with Crippen molar-refractivity contribution in [3.8, 4) is 0 Å². The number of thiazole rings is 1. The third-order valence-electron chi connectivity index (χ3n) is 3.05. The Labute approximate surface area is 139 Å². The topological polar surface area (TPSA) is 97.1 Å². The number of nitrogens with zero attached hydrogens (tertiary/aromatic N) is 3. The molecule has 0 aliphatic rings. The predicted octanol–water partition coefficient (Wildman–Crippen LogP) is 1.99. The summed E-state index contributed by atoms with van der Waals surface area (Å²) < 4.78 is 2.20. The molecular formula is C13H15BrN4O3S. The fourth-order valence-corrected chi connectivity index (χ4v) is 3.10. The van der Waals surface area contributed by atoms with Crippen LogP contribution in [0.1, 0.15) is 27.3 Å². The van der Waals surface area contributed by atoms with Gasteiger partial charge < -0.3 is 10.4 Å². The smallest absolute Gasteiger partial charge is 0.331 e. The van der Waals surface area contributed by atoms with Crippen molar-refractivity contribution < 1.29 is 14.7 Å². The molecule has 0 spiro atoms. The Kier molecular flexibility index (Phi) is 4.66. The highest BCUT2D eigenvalue weighted by Gasteiger charge is 2.36. The van der Waals surface area contributed by atoms with Crippen molar-refractivity contribution in [2.24, 2.45) is 0 Å². The van der Waals surface area contributed by atoms with E-state index >= 15 is 0 Å². The molecule has 0 aromatic carbocycles. The minimum absolute atomic E-state index is 0.0104. The summed E-state index contributed by atoms with van der Waals surface area (Å²) in [5.41, 5.74) is -0.887. The van der Waals surface area contributed by atoms with Crippen LogP contribution in [0.25, 0.3) is 0 Å². The van der Waals surface area contributed by atoms with Crippen molar-refractivity contribution in [2.45, 2.75) is 32.9 Å². The first kappa shape index (κ1) is 16.6. The average molecular weight is 387 g/mol. The number of carboxylic acid groups (broad SMARTS) is 1. The van der Waals surface area contributed by atoms with Crippen LogP contribution in [0.15, 0.2) is 16.9 Å². The SMILES string of the molecule is Cc1nc(C)c(C(=O)NC(C)(Cn2cc(Br)cn2)C(=O)O)s1. The summed E-state index contributed by atoms with van der Waals surface area (Å²) in [4.78, 5) is 28.6. The standard InChI is InChI=1S/C13H15BrN4O3S/c1-7-10(22-8(2)16-7)11(19)17-13(3,12(20)21)6-18-5-9(14)4-15-18/h4-5H,6H2,1-3H3,(H,17,19)(H,20,21). The molecule has 0 saturated carbocycles. The van der Waals surface area contributed by atoms with Crippen molar-refractivity contribution in [3.05, 3.63) is 32.4 Å². The van der Waals surface area contributed by atoms with Gasteiger partial charge >= 0.3 is 5.97 Å². The molecule has 1 atom stereocenters. The van der Waals surface area contributed by atoms with Crippen molar-refractivity contribution in [1.29, 1.82) is 0 Å². The number of hydrogen-bond donors (Lipinski definition) is 2. The quantitative estimate of drug-likeness (QED) is 0.818. The van der Waals surface area contributed by atoms with Crippen LogP contribution >= 0.6 is 27.3 Å². The second-order valence-electron chi connectivity index (χ2n) is 5.09. The molecule has 0 fully saturated rings. The summed E-state index contributed by atoms with van der Waals surface area (Å²) in [6, 6.07) is 0. The molecule has 2 aromatic rings. The molecule has 0 aliphatic heterocycles. The van der Waals surface area contributed by atoms with Crippen molar-refractivity contribution in [2.75, 3.05) is 0 Å². The monoisotopic (exact) mass is 386 g/mol. The lowest BCUT2D eigenvalue weighted by Gasteiger charge is -2.26. The fourth-order valence-electron chi connectivity index (χ4n) is 1.96. The summed E-state index contributed by atoms with van der Waals surface area (Å²) in [5.74, 6) is -1.58. The Morgan fingerprint density at radius 3 is 2.64 bits per heavy atom. The van der Waals surface area contributed by atoms with Crippen LogP contribution in [0.4, 0.5) is 0 Å². The number of rotatable bonds is 5. The fraction of sp³-hybridized carbons (Fsp3) is 0.385. The molecule has 2 aromatic heterocycles. The third kappa shape index (κ3) is 3.53. The molecule has 2 rings (SSSR count). The summed E-state index contributed by atoms with van der Waals surface area (Å²) in [6.45, 7) is 4.98. The summed E-state index contributed by atoms with van der Waals surface area (Å²) >= 11 is 4.49. The van der Waals surface area contributed by atoms with E-state index < -0.39 is 17.4 Å². The van der Waals surface area contributed by atoms with E-state index in [1.54, 1.807) is 26.2 Å². The molecule has 118 valence electrons. The molecule has 2 heterocycles. The lowest BCUT2D eigenvalue weighted by atomic mass is 10.0. The number of carbonyl (C=O) groups is 2. The zero-order chi connectivity index (χ0) is 16.5. The van der Waals surface area contributed by atoms with E-state index in [1.165, 1.54) is 22.9 Å². The second kappa shape index (κ2) is 6.17. The van der Waals surface area contributed by atoms with Crippen LogP contribution in [0.5, 0.6) is 0 Å². The van der Waals surface area contributed by atoms with Gasteiger partial charge in [0, 0.05) is 6.20 Å². The Bertz CT molecular complexity index is 727. The second-order valence-corrected chi connectivity index (χ2v) is 7.21. The van der Waals surface area contributed by atoms with Crippen molar-refractivity contribution in [1.82, 2.24) is 20.1 Å². The van der Waals surface area contributed by atoms with Gasteiger partial charge in [0.2, 0.25) is 0 Å². The van der Waals surface area contributed by atoms with Gasteiger partial charge in [0.25, 0.3) is 5.91 Å². The van der Waals surface area contributed by atoms with Crippen LogP contribution in [0.3, 0.4) is 0 Å². The highest BCUT2D eigenvalue weighted by molar-refractivity contribution is 9.10. The first-order valence-electron chi connectivity index (χ1n) is 6.39. The van der Waals surface area contributed by atoms with E-state index in [9.17, 15) is 14.7 Å². The zero-order valence-corrected chi connectivity index (χ0v) is 14.7. The van der Waals surface area contributed by atoms with E-state index in [-0.39, 0.29) is 6.54 Å². The van der Waals surface area contributed by atoms with Crippen LogP contribution < -0.4 is 5.32 Å². The largest absolute Gasteiger partial charge is 0.479 e. The van der Waals surface area contributed by atoms with E-state index in [0.29, 0.717) is 10.6 Å². The van der Waals surface area contributed by atoms with Gasteiger partial charge in [0.05, 0.1) is 27.9 Å². The third-order valence-corrected chi connectivity index (χ3v) is 4.53. The molecule has 9 heteroatoms. The molecule has 0 radical (unpaired) electrons. The number of hydrogen-bond acceptors (Lipinski definition) is 5. The maximum Gasteiger partial charge on any atom is 0.331 e. The number of aryl methyl sites for hydroxylation is 2. The molecule has 1 unspecified atom stereocenters. The van der Waals surface area contributed by atoms with Gasteiger partial charge in [-0.15, -0.1) is 11.3 Å². The Hall–Kier alpha value is -1.74. The van der Waals surface area contributed by atoms with Crippen molar-refractivity contribution in [3.63, 3.8) is 0 Å². The van der Waals surface area contributed by atoms with Crippen LogP contribution in [0, 0.1) is 13.8 Å². The van der Waals surface area contributed by atoms with Crippen LogP contribution in [-0.4, -0.2) is 37.3 Å². The minimum atomic E-state index is -1.48. The van der Waals surface area contributed by atoms with E-state index in [1.807, 2.05) is 0 Å². The number of halogens is 1. The lowest BCUT2D eigenvalue weighted by molar-refractivity contribution is -0.144. The van der Waals surface area contributed by atoms with Gasteiger partial charge in [-0.25, -0.2) is 9.78 Å². The van der Waals surface area contributed by atoms with Gasteiger partial charge in [-0.2, -0.15) is 5.10 Å². The maximum atomic E-state index is 12.4. The Balaban J connectivity index is 2.22. The van der Waals surface area contributed by atoms with Crippen LogP contribution in [0.2, 0.25) is 0 Å². The number of amides is 1. The maximum absolute atomic E-state index is 12.4. The first-order chi connectivity index (χ1) is 10.2. The molecule has 22 heavy (non-hydrogen) atoms. The van der Waals surface area contributed by atoms with Gasteiger partial charge in [0.15, 0.2) is 5.54 Å². The predicted molar refractivity (Wildman–Crippen MR) is 85.0 cm³/mol. The summed E-state index contributed by atoms with van der Waals surface area (Å²) in [7, 11) is 0. The van der Waals surface area contributed by atoms with E-state index in [0.717, 1.165) is 9.48 Å². The van der Waals surface area contributed by atoms with Gasteiger partial charge in [-0.3, -0.25) is 9.48 Å². The normalized spacial score (nSPS) is 13.6. The first-order valence-corrected chi connectivity index (χ1v) is 8.00. The molecule has 1 amide bonds. The number of nitrogens with one attached hydrogen (secondary N) is 1. The van der Waals surface area contributed by atoms with Gasteiger partial charge in [-0.1, -0.05) is 0 Å². The number of aromatic nitrogens is 3. The number of carbonyl (C=O) groups excluding carboxylic acids is 1. The average Bonchev–Trinajstić information content (AvgIpc) is 2.94. The van der Waals surface area contributed by atoms with Crippen molar-refractivity contribution >= 4 is 39.1 Å². The van der Waals surface area contributed by atoms with Crippen LogP contribution in [-0.2, 0) is 11.3 Å². The molecular weight excluding hydrogens is 372 g/mol. The Morgan fingerprint density at radius 2 is 2.18 bits per heavy atom. The molecule has 2 N–H and O–H groups in total. The molecule has 0 bridgehead atoms. The lowest BCUT2D eigenvalue weighted by Crippen LogP contribution is -2.55. The molecule has 0 saturated heterocycles. The van der Waals surface area contributed by atoms with Gasteiger partial charge in [-0.05, 0) is 36.7 Å². The summed E-state index contributed by atoms with van der Waals surface area (Å²) in [6.07, 6.45) is 3.20. The highest BCUT2D eigenvalue weighted by Crippen LogP contribution is 2.19. The number of aliphatic carboxylic acids is 1. The minimum Gasteiger partial charge on any atom is -0.479 e. The molecule has 0 aliphatic carbocycles. The van der Waals surface area contributed by atoms with E-state index in [2.05, 4.69) is 31.3 Å². The number of carboxylic acids is 1. The van der Waals surface area contributed by atoms with E-state index in [4.69, 9.17) is 0 Å².